The number of benzene rings is 1. The van der Waals surface area contributed by atoms with E-state index in [0.29, 0.717) is 6.42 Å². The molecule has 0 saturated carbocycles. The van der Waals surface area contributed by atoms with Gasteiger partial charge in [-0.2, -0.15) is 0 Å². The summed E-state index contributed by atoms with van der Waals surface area (Å²) in [6.45, 7) is 1.82. The van der Waals surface area contributed by atoms with Crippen LogP contribution in [0.1, 0.15) is 19.8 Å². The Morgan fingerprint density at radius 2 is 2.16 bits per heavy atom. The smallest absolute Gasteiger partial charge is 0.220 e. The highest BCUT2D eigenvalue weighted by atomic mass is 19.2. The molecule has 106 valence electrons. The molecular weight excluding hydrogens is 256 g/mol. The molecule has 1 atom stereocenters. The molecule has 0 aliphatic heterocycles. The maximum Gasteiger partial charge on any atom is 0.220 e. The van der Waals surface area contributed by atoms with E-state index in [1.165, 1.54) is 6.07 Å². The van der Waals surface area contributed by atoms with E-state index in [4.69, 9.17) is 4.74 Å². The molecular formula is C13H17F2NO3. The molecule has 6 heteroatoms. The van der Waals surface area contributed by atoms with Crippen molar-refractivity contribution < 1.29 is 23.4 Å². The van der Waals surface area contributed by atoms with Gasteiger partial charge in [0, 0.05) is 19.0 Å². The molecule has 1 rings (SSSR count). The molecule has 0 aliphatic rings. The lowest BCUT2D eigenvalue weighted by Gasteiger charge is -2.13. The molecule has 19 heavy (non-hydrogen) atoms. The van der Waals surface area contributed by atoms with Gasteiger partial charge >= 0.3 is 0 Å². The Bertz CT molecular complexity index is 426. The molecule has 1 unspecified atom stereocenters. The van der Waals surface area contributed by atoms with Crippen LogP contribution in [0.15, 0.2) is 18.2 Å². The van der Waals surface area contributed by atoms with Gasteiger partial charge in [-0.25, -0.2) is 8.78 Å². The minimum absolute atomic E-state index is 0.0580. The van der Waals surface area contributed by atoms with Crippen LogP contribution >= 0.6 is 0 Å². The van der Waals surface area contributed by atoms with Crippen LogP contribution in [0.5, 0.6) is 5.75 Å². The van der Waals surface area contributed by atoms with E-state index < -0.39 is 17.7 Å². The van der Waals surface area contributed by atoms with Gasteiger partial charge in [0.25, 0.3) is 0 Å². The second kappa shape index (κ2) is 7.68. The minimum Gasteiger partial charge on any atom is -0.491 e. The highest BCUT2D eigenvalue weighted by molar-refractivity contribution is 5.75. The van der Waals surface area contributed by atoms with E-state index in [1.807, 2.05) is 6.92 Å². The third kappa shape index (κ3) is 5.65. The number of aliphatic hydroxyl groups is 1. The third-order valence-electron chi connectivity index (χ3n) is 2.35. The summed E-state index contributed by atoms with van der Waals surface area (Å²) in [6.07, 6.45) is 0.221. The van der Waals surface area contributed by atoms with Gasteiger partial charge in [0.05, 0.1) is 0 Å². The highest BCUT2D eigenvalue weighted by Crippen LogP contribution is 2.15. The molecule has 0 saturated heterocycles. The van der Waals surface area contributed by atoms with E-state index >= 15 is 0 Å². The summed E-state index contributed by atoms with van der Waals surface area (Å²) >= 11 is 0. The minimum atomic E-state index is -1.01. The van der Waals surface area contributed by atoms with Crippen molar-refractivity contribution in [3.8, 4) is 5.75 Å². The number of carbonyl (C=O) groups is 1. The molecule has 1 aromatic carbocycles. The quantitative estimate of drug-likeness (QED) is 0.793. The Hall–Kier alpha value is -1.69. The van der Waals surface area contributed by atoms with Crippen LogP contribution in [-0.4, -0.2) is 30.3 Å². The van der Waals surface area contributed by atoms with E-state index in [9.17, 15) is 18.7 Å². The summed E-state index contributed by atoms with van der Waals surface area (Å²) in [6, 6.07) is 3.11. The van der Waals surface area contributed by atoms with Crippen LogP contribution in [0, 0.1) is 11.6 Å². The number of amides is 1. The van der Waals surface area contributed by atoms with E-state index in [2.05, 4.69) is 5.32 Å². The Kier molecular flexibility index (Phi) is 6.21. The van der Waals surface area contributed by atoms with Crippen LogP contribution in [0.2, 0.25) is 0 Å². The lowest BCUT2D eigenvalue weighted by Crippen LogP contribution is -2.35. The molecule has 0 radical (unpaired) electrons. The molecule has 0 spiro atoms. The van der Waals surface area contributed by atoms with Crippen LogP contribution in [0.4, 0.5) is 8.78 Å². The normalized spacial score (nSPS) is 12.0. The summed E-state index contributed by atoms with van der Waals surface area (Å²) in [5.74, 6) is -1.99. The van der Waals surface area contributed by atoms with Gasteiger partial charge < -0.3 is 15.2 Å². The fraction of sp³-hybridized carbons (Fsp3) is 0.462. The first-order chi connectivity index (χ1) is 9.02. The first-order valence-electron chi connectivity index (χ1n) is 6.05. The average molecular weight is 273 g/mol. The molecule has 2 N–H and O–H groups in total. The summed E-state index contributed by atoms with van der Waals surface area (Å²) in [5, 5.41) is 12.1. The first-order valence-corrected chi connectivity index (χ1v) is 6.05. The fourth-order valence-corrected chi connectivity index (χ4v) is 1.37. The molecule has 0 heterocycles. The van der Waals surface area contributed by atoms with Crippen molar-refractivity contribution in [2.24, 2.45) is 0 Å². The van der Waals surface area contributed by atoms with E-state index in [-0.39, 0.29) is 24.8 Å². The number of halogens is 2. The van der Waals surface area contributed by atoms with Gasteiger partial charge in [-0.05, 0) is 18.6 Å². The Morgan fingerprint density at radius 3 is 2.79 bits per heavy atom. The lowest BCUT2D eigenvalue weighted by molar-refractivity contribution is -0.121. The van der Waals surface area contributed by atoms with Crippen molar-refractivity contribution in [1.82, 2.24) is 5.32 Å². The zero-order valence-electron chi connectivity index (χ0n) is 10.7. The zero-order valence-corrected chi connectivity index (χ0v) is 10.7. The number of hydrogen-bond acceptors (Lipinski definition) is 3. The second-order valence-corrected chi connectivity index (χ2v) is 4.09. The van der Waals surface area contributed by atoms with Gasteiger partial charge in [-0.15, -0.1) is 0 Å². The van der Waals surface area contributed by atoms with Crippen molar-refractivity contribution >= 4 is 5.91 Å². The average Bonchev–Trinajstić information content (AvgIpc) is 2.38. The summed E-state index contributed by atoms with van der Waals surface area (Å²) in [7, 11) is 0. The number of aliphatic hydroxyl groups excluding tert-OH is 1. The van der Waals surface area contributed by atoms with Crippen molar-refractivity contribution in [3.05, 3.63) is 29.8 Å². The molecule has 0 aromatic heterocycles. The number of hydrogen-bond donors (Lipinski definition) is 2. The Labute approximate surface area is 110 Å². The second-order valence-electron chi connectivity index (χ2n) is 4.09. The van der Waals surface area contributed by atoms with Gasteiger partial charge in [0.15, 0.2) is 11.6 Å². The third-order valence-corrected chi connectivity index (χ3v) is 2.35. The van der Waals surface area contributed by atoms with Crippen molar-refractivity contribution in [3.63, 3.8) is 0 Å². The van der Waals surface area contributed by atoms with Gasteiger partial charge in [0.2, 0.25) is 5.91 Å². The topological polar surface area (TPSA) is 58.6 Å². The standard InChI is InChI=1S/C13H17F2NO3/c1-2-3-13(18)16-7-9(17)8-19-10-4-5-11(14)12(15)6-10/h4-6,9,17H,2-3,7-8H2,1H3,(H,16,18). The molecule has 0 aliphatic carbocycles. The van der Waals surface area contributed by atoms with Crippen molar-refractivity contribution in [1.29, 1.82) is 0 Å². The molecule has 1 aromatic rings. The number of ether oxygens (including phenoxy) is 1. The van der Waals surface area contributed by atoms with E-state index in [1.54, 1.807) is 0 Å². The van der Waals surface area contributed by atoms with Crippen LogP contribution < -0.4 is 10.1 Å². The SMILES string of the molecule is CCCC(=O)NCC(O)COc1ccc(F)c(F)c1. The predicted octanol–water partition coefficient (Wildman–Crippen LogP) is 1.62. The Balaban J connectivity index is 2.31. The van der Waals surface area contributed by atoms with Gasteiger partial charge in [-0.1, -0.05) is 6.92 Å². The monoisotopic (exact) mass is 273 g/mol. The zero-order chi connectivity index (χ0) is 14.3. The summed E-state index contributed by atoms with van der Waals surface area (Å²) in [4.78, 5) is 11.1. The van der Waals surface area contributed by atoms with E-state index in [0.717, 1.165) is 18.6 Å². The maximum atomic E-state index is 12.9. The molecule has 0 fully saturated rings. The number of carbonyl (C=O) groups excluding carboxylic acids is 1. The van der Waals surface area contributed by atoms with Crippen LogP contribution in [-0.2, 0) is 4.79 Å². The summed E-state index contributed by atoms with van der Waals surface area (Å²) < 4.78 is 30.6. The van der Waals surface area contributed by atoms with Crippen LogP contribution in [0.25, 0.3) is 0 Å². The first kappa shape index (κ1) is 15.4. The predicted molar refractivity (Wildman–Crippen MR) is 65.8 cm³/mol. The molecule has 1 amide bonds. The molecule has 0 bridgehead atoms. The number of rotatable bonds is 7. The van der Waals surface area contributed by atoms with Gasteiger partial charge in [-0.3, -0.25) is 4.79 Å². The summed E-state index contributed by atoms with van der Waals surface area (Å²) in [5.41, 5.74) is 0. The van der Waals surface area contributed by atoms with Crippen LogP contribution in [0.3, 0.4) is 0 Å². The molecule has 4 nitrogen and oxygen atoms in total. The largest absolute Gasteiger partial charge is 0.491 e. The lowest BCUT2D eigenvalue weighted by atomic mass is 10.3. The highest BCUT2D eigenvalue weighted by Gasteiger charge is 2.09. The van der Waals surface area contributed by atoms with Crippen molar-refractivity contribution in [2.45, 2.75) is 25.9 Å². The van der Waals surface area contributed by atoms with Gasteiger partial charge in [0.1, 0.15) is 18.5 Å². The number of nitrogens with one attached hydrogen (secondary N) is 1. The van der Waals surface area contributed by atoms with Crippen molar-refractivity contribution in [2.75, 3.05) is 13.2 Å². The Morgan fingerprint density at radius 1 is 1.42 bits per heavy atom. The maximum absolute atomic E-state index is 12.9. The fourth-order valence-electron chi connectivity index (χ4n) is 1.37.